The zero-order valence-electron chi connectivity index (χ0n) is 10.4. The molecule has 98 valence electrons. The molecule has 0 atom stereocenters. The minimum Gasteiger partial charge on any atom is -0.477 e. The van der Waals surface area contributed by atoms with Crippen LogP contribution in [0.15, 0.2) is 54.9 Å². The molecule has 2 aromatic heterocycles. The van der Waals surface area contributed by atoms with E-state index in [0.717, 1.165) is 16.5 Å². The molecule has 0 radical (unpaired) electrons. The largest absolute Gasteiger partial charge is 0.477 e. The highest BCUT2D eigenvalue weighted by Crippen LogP contribution is 2.24. The van der Waals surface area contributed by atoms with Crippen molar-refractivity contribution in [3.8, 4) is 0 Å². The highest BCUT2D eigenvalue weighted by Gasteiger charge is 2.06. The van der Waals surface area contributed by atoms with Crippen LogP contribution in [0, 0.1) is 0 Å². The number of hydrogen-bond acceptors (Lipinski definition) is 4. The summed E-state index contributed by atoms with van der Waals surface area (Å²) in [5, 5.41) is 14.1. The topological polar surface area (TPSA) is 75.1 Å². The predicted molar refractivity (Wildman–Crippen MR) is 76.2 cm³/mol. The van der Waals surface area contributed by atoms with Crippen LogP contribution < -0.4 is 5.32 Å². The summed E-state index contributed by atoms with van der Waals surface area (Å²) >= 11 is 0. The van der Waals surface area contributed by atoms with E-state index in [1.165, 1.54) is 6.07 Å². The summed E-state index contributed by atoms with van der Waals surface area (Å²) in [6.45, 7) is 0. The molecule has 0 bridgehead atoms. The molecule has 3 rings (SSSR count). The SMILES string of the molecule is O=C(O)c1cccc(Nc2cccc3ccncc23)n1. The summed E-state index contributed by atoms with van der Waals surface area (Å²) in [5.41, 5.74) is 0.846. The monoisotopic (exact) mass is 265 g/mol. The minimum atomic E-state index is -1.05. The van der Waals surface area contributed by atoms with E-state index >= 15 is 0 Å². The quantitative estimate of drug-likeness (QED) is 0.761. The highest BCUT2D eigenvalue weighted by molar-refractivity contribution is 5.94. The van der Waals surface area contributed by atoms with E-state index in [9.17, 15) is 4.79 Å². The van der Waals surface area contributed by atoms with Crippen molar-refractivity contribution in [3.05, 3.63) is 60.6 Å². The van der Waals surface area contributed by atoms with Gasteiger partial charge in [0, 0.05) is 23.5 Å². The van der Waals surface area contributed by atoms with Gasteiger partial charge in [-0.2, -0.15) is 0 Å². The second-order valence-electron chi connectivity index (χ2n) is 4.24. The third-order valence-corrected chi connectivity index (χ3v) is 2.91. The van der Waals surface area contributed by atoms with Crippen molar-refractivity contribution in [2.45, 2.75) is 0 Å². The van der Waals surface area contributed by atoms with Gasteiger partial charge in [0.25, 0.3) is 0 Å². The zero-order chi connectivity index (χ0) is 13.9. The summed E-state index contributed by atoms with van der Waals surface area (Å²) in [5.74, 6) is -0.561. The van der Waals surface area contributed by atoms with E-state index in [-0.39, 0.29) is 5.69 Å². The van der Waals surface area contributed by atoms with Crippen LogP contribution in [0.25, 0.3) is 10.8 Å². The van der Waals surface area contributed by atoms with Crippen molar-refractivity contribution in [3.63, 3.8) is 0 Å². The average molecular weight is 265 g/mol. The number of carboxylic acid groups (broad SMARTS) is 1. The van der Waals surface area contributed by atoms with E-state index in [2.05, 4.69) is 15.3 Å². The van der Waals surface area contributed by atoms with Crippen LogP contribution in [0.1, 0.15) is 10.5 Å². The molecule has 0 unspecified atom stereocenters. The molecule has 0 saturated heterocycles. The number of aromatic nitrogens is 2. The molecule has 0 aliphatic carbocycles. The zero-order valence-corrected chi connectivity index (χ0v) is 10.4. The van der Waals surface area contributed by atoms with E-state index in [1.807, 2.05) is 24.3 Å². The van der Waals surface area contributed by atoms with E-state index in [1.54, 1.807) is 24.5 Å². The van der Waals surface area contributed by atoms with Gasteiger partial charge in [0.15, 0.2) is 5.69 Å². The van der Waals surface area contributed by atoms with Crippen molar-refractivity contribution < 1.29 is 9.90 Å². The Balaban J connectivity index is 2.01. The van der Waals surface area contributed by atoms with Gasteiger partial charge in [-0.15, -0.1) is 0 Å². The average Bonchev–Trinajstić information content (AvgIpc) is 2.48. The number of hydrogen-bond donors (Lipinski definition) is 2. The maximum Gasteiger partial charge on any atom is 0.354 e. The van der Waals surface area contributed by atoms with Crippen molar-refractivity contribution in [1.82, 2.24) is 9.97 Å². The van der Waals surface area contributed by atoms with E-state index < -0.39 is 5.97 Å². The fourth-order valence-corrected chi connectivity index (χ4v) is 1.98. The lowest BCUT2D eigenvalue weighted by atomic mass is 10.1. The van der Waals surface area contributed by atoms with Crippen LogP contribution in [-0.4, -0.2) is 21.0 Å². The van der Waals surface area contributed by atoms with Gasteiger partial charge in [0.2, 0.25) is 0 Å². The van der Waals surface area contributed by atoms with Crippen LogP contribution in [0.5, 0.6) is 0 Å². The number of nitrogens with zero attached hydrogens (tertiary/aromatic N) is 2. The van der Waals surface area contributed by atoms with Gasteiger partial charge in [0.05, 0.1) is 0 Å². The number of carbonyl (C=O) groups is 1. The summed E-state index contributed by atoms with van der Waals surface area (Å²) in [6, 6.07) is 12.6. The molecule has 0 aliphatic heterocycles. The molecular weight excluding hydrogens is 254 g/mol. The van der Waals surface area contributed by atoms with Crippen LogP contribution in [0.2, 0.25) is 0 Å². The summed E-state index contributed by atoms with van der Waals surface area (Å²) in [7, 11) is 0. The van der Waals surface area contributed by atoms with Crippen molar-refractivity contribution in [1.29, 1.82) is 0 Å². The van der Waals surface area contributed by atoms with Gasteiger partial charge in [0.1, 0.15) is 5.82 Å². The molecule has 5 heteroatoms. The Kier molecular flexibility index (Phi) is 3.01. The Morgan fingerprint density at radius 2 is 1.95 bits per heavy atom. The van der Waals surface area contributed by atoms with Crippen LogP contribution in [0.4, 0.5) is 11.5 Å². The first-order valence-electron chi connectivity index (χ1n) is 6.04. The Labute approximate surface area is 114 Å². The van der Waals surface area contributed by atoms with Gasteiger partial charge in [-0.3, -0.25) is 4.98 Å². The summed E-state index contributed by atoms with van der Waals surface area (Å²) in [6.07, 6.45) is 3.49. The molecule has 0 aliphatic rings. The second kappa shape index (κ2) is 4.97. The lowest BCUT2D eigenvalue weighted by Crippen LogP contribution is -2.02. The third-order valence-electron chi connectivity index (χ3n) is 2.91. The number of aromatic carboxylic acids is 1. The standard InChI is InChI=1S/C15H11N3O2/c19-15(20)13-5-2-6-14(18-13)17-12-4-1-3-10-7-8-16-9-11(10)12/h1-9H,(H,17,18)(H,19,20). The molecule has 2 heterocycles. The molecule has 3 aromatic rings. The van der Waals surface area contributed by atoms with Crippen molar-refractivity contribution in [2.24, 2.45) is 0 Å². The molecule has 5 nitrogen and oxygen atoms in total. The van der Waals surface area contributed by atoms with E-state index in [4.69, 9.17) is 5.11 Å². The number of rotatable bonds is 3. The summed E-state index contributed by atoms with van der Waals surface area (Å²) < 4.78 is 0. The van der Waals surface area contributed by atoms with E-state index in [0.29, 0.717) is 5.82 Å². The molecule has 0 fully saturated rings. The first-order valence-corrected chi connectivity index (χ1v) is 6.04. The van der Waals surface area contributed by atoms with Crippen molar-refractivity contribution in [2.75, 3.05) is 5.32 Å². The smallest absolute Gasteiger partial charge is 0.354 e. The van der Waals surface area contributed by atoms with Gasteiger partial charge < -0.3 is 10.4 Å². The molecule has 0 spiro atoms. The molecule has 20 heavy (non-hydrogen) atoms. The van der Waals surface area contributed by atoms with Crippen LogP contribution in [0.3, 0.4) is 0 Å². The fraction of sp³-hybridized carbons (Fsp3) is 0. The van der Waals surface area contributed by atoms with Crippen molar-refractivity contribution >= 4 is 28.2 Å². The predicted octanol–water partition coefficient (Wildman–Crippen LogP) is 3.07. The second-order valence-corrected chi connectivity index (χ2v) is 4.24. The molecule has 0 amide bonds. The number of nitrogens with one attached hydrogen (secondary N) is 1. The molecular formula is C15H11N3O2. The maximum absolute atomic E-state index is 10.9. The normalized spacial score (nSPS) is 10.4. The Hall–Kier alpha value is -2.95. The molecule has 0 saturated carbocycles. The number of pyridine rings is 2. The van der Waals surface area contributed by atoms with Gasteiger partial charge in [-0.1, -0.05) is 18.2 Å². The molecule has 2 N–H and O–H groups in total. The number of carboxylic acids is 1. The Morgan fingerprint density at radius 1 is 1.10 bits per heavy atom. The highest BCUT2D eigenvalue weighted by atomic mass is 16.4. The first-order chi connectivity index (χ1) is 9.74. The van der Waals surface area contributed by atoms with Crippen LogP contribution in [-0.2, 0) is 0 Å². The number of anilines is 2. The fourth-order valence-electron chi connectivity index (χ4n) is 1.98. The lowest BCUT2D eigenvalue weighted by molar-refractivity contribution is 0.0690. The Bertz CT molecular complexity index is 781. The number of benzene rings is 1. The van der Waals surface area contributed by atoms with Gasteiger partial charge in [-0.05, 0) is 29.7 Å². The third kappa shape index (κ3) is 2.29. The minimum absolute atomic E-state index is 0.00774. The Morgan fingerprint density at radius 3 is 2.80 bits per heavy atom. The summed E-state index contributed by atoms with van der Waals surface area (Å²) in [4.78, 5) is 19.1. The lowest BCUT2D eigenvalue weighted by Gasteiger charge is -2.09. The maximum atomic E-state index is 10.9. The first kappa shape index (κ1) is 12.1. The van der Waals surface area contributed by atoms with Gasteiger partial charge in [-0.25, -0.2) is 9.78 Å². The molecule has 1 aromatic carbocycles. The number of fused-ring (bicyclic) bond motifs is 1. The van der Waals surface area contributed by atoms with Crippen LogP contribution >= 0.6 is 0 Å². The van der Waals surface area contributed by atoms with Gasteiger partial charge >= 0.3 is 5.97 Å².